The summed E-state index contributed by atoms with van der Waals surface area (Å²) >= 11 is 1.80. The Balaban J connectivity index is 1.57. The summed E-state index contributed by atoms with van der Waals surface area (Å²) < 4.78 is 11.2. The molecule has 150 valence electrons. The molecule has 5 nitrogen and oxygen atoms in total. The number of hydrogen-bond donors (Lipinski definition) is 0. The molecule has 1 atom stereocenters. The minimum absolute atomic E-state index is 0.0736. The molecular formula is C23H23NO4S. The molecule has 0 spiro atoms. The van der Waals surface area contributed by atoms with Crippen molar-refractivity contribution >= 4 is 34.3 Å². The predicted octanol–water partition coefficient (Wildman–Crippen LogP) is 4.71. The maximum Gasteiger partial charge on any atom is 0.336 e. The van der Waals surface area contributed by atoms with Crippen molar-refractivity contribution in [3.05, 3.63) is 64.0 Å². The Morgan fingerprint density at radius 1 is 1.24 bits per heavy atom. The van der Waals surface area contributed by atoms with Crippen LogP contribution in [0.25, 0.3) is 11.0 Å². The standard InChI is InChI=1S/C23H23NO4S/c1-14-12-22(26)28-23-16(3)19(9-8-17(14)23)27-13-21(25)24-11-10-15(2)29-20-7-5-4-6-18(20)24/h4-9,12,15H,10-11,13H2,1-3H3/t15-/m0/s1. The molecule has 29 heavy (non-hydrogen) atoms. The molecule has 1 aliphatic heterocycles. The summed E-state index contributed by atoms with van der Waals surface area (Å²) in [6, 6.07) is 13.1. The molecule has 4 rings (SSSR count). The number of benzene rings is 2. The van der Waals surface area contributed by atoms with E-state index in [4.69, 9.17) is 9.15 Å². The van der Waals surface area contributed by atoms with Crippen LogP contribution < -0.4 is 15.3 Å². The maximum absolute atomic E-state index is 13.0. The Kier molecular flexibility index (Phi) is 5.37. The number of hydrogen-bond acceptors (Lipinski definition) is 5. The first kappa shape index (κ1) is 19.6. The largest absolute Gasteiger partial charge is 0.483 e. The quantitative estimate of drug-likeness (QED) is 0.587. The molecule has 0 unspecified atom stereocenters. The van der Waals surface area contributed by atoms with E-state index in [0.29, 0.717) is 23.1 Å². The van der Waals surface area contributed by atoms with E-state index >= 15 is 0 Å². The molecule has 3 aromatic rings. The Hall–Kier alpha value is -2.73. The molecule has 6 heteroatoms. The zero-order valence-corrected chi connectivity index (χ0v) is 17.5. The first-order chi connectivity index (χ1) is 13.9. The van der Waals surface area contributed by atoms with Gasteiger partial charge in [0, 0.05) is 33.7 Å². The van der Waals surface area contributed by atoms with Crippen LogP contribution in [-0.4, -0.2) is 24.3 Å². The average Bonchev–Trinajstić information content (AvgIpc) is 2.86. The number of para-hydroxylation sites is 1. The zero-order chi connectivity index (χ0) is 20.5. The van der Waals surface area contributed by atoms with Crippen molar-refractivity contribution in [2.45, 2.75) is 37.3 Å². The van der Waals surface area contributed by atoms with Crippen molar-refractivity contribution in [3.8, 4) is 5.75 Å². The third-order valence-corrected chi connectivity index (χ3v) is 6.45. The van der Waals surface area contributed by atoms with Gasteiger partial charge in [0.15, 0.2) is 6.61 Å². The lowest BCUT2D eigenvalue weighted by Crippen LogP contribution is -2.36. The van der Waals surface area contributed by atoms with Crippen molar-refractivity contribution in [2.75, 3.05) is 18.1 Å². The van der Waals surface area contributed by atoms with E-state index in [0.717, 1.165) is 33.5 Å². The number of carbonyl (C=O) groups excluding carboxylic acids is 1. The number of nitrogens with zero attached hydrogens (tertiary/aromatic N) is 1. The lowest BCUT2D eigenvalue weighted by molar-refractivity contribution is -0.120. The van der Waals surface area contributed by atoms with Gasteiger partial charge in [-0.05, 0) is 50.1 Å². The predicted molar refractivity (Wildman–Crippen MR) is 116 cm³/mol. The van der Waals surface area contributed by atoms with E-state index in [1.54, 1.807) is 11.8 Å². The number of fused-ring (bicyclic) bond motifs is 2. The average molecular weight is 410 g/mol. The van der Waals surface area contributed by atoms with E-state index in [2.05, 4.69) is 13.0 Å². The van der Waals surface area contributed by atoms with Gasteiger partial charge in [-0.25, -0.2) is 4.79 Å². The highest BCUT2D eigenvalue weighted by Gasteiger charge is 2.24. The Labute approximate surface area is 173 Å². The normalized spacial score (nSPS) is 16.4. The number of ether oxygens (including phenoxy) is 1. The summed E-state index contributed by atoms with van der Waals surface area (Å²) in [5.41, 5.74) is 2.63. The number of aryl methyl sites for hydroxylation is 2. The fraction of sp³-hybridized carbons (Fsp3) is 0.304. The van der Waals surface area contributed by atoms with E-state index < -0.39 is 0 Å². The zero-order valence-electron chi connectivity index (χ0n) is 16.7. The Morgan fingerprint density at radius 3 is 2.86 bits per heavy atom. The minimum atomic E-state index is -0.390. The van der Waals surface area contributed by atoms with Gasteiger partial charge in [0.05, 0.1) is 5.69 Å². The number of carbonyl (C=O) groups is 1. The molecule has 2 heterocycles. The molecule has 0 saturated heterocycles. The van der Waals surface area contributed by atoms with Crippen LogP contribution in [0.2, 0.25) is 0 Å². The number of anilines is 1. The smallest absolute Gasteiger partial charge is 0.336 e. The lowest BCUT2D eigenvalue weighted by atomic mass is 10.1. The summed E-state index contributed by atoms with van der Waals surface area (Å²) in [6.45, 7) is 6.48. The summed E-state index contributed by atoms with van der Waals surface area (Å²) in [5, 5.41) is 1.32. The van der Waals surface area contributed by atoms with E-state index in [-0.39, 0.29) is 18.1 Å². The van der Waals surface area contributed by atoms with Gasteiger partial charge in [0.2, 0.25) is 0 Å². The molecule has 2 aromatic carbocycles. The van der Waals surface area contributed by atoms with Crippen LogP contribution in [0.15, 0.2) is 56.6 Å². The second kappa shape index (κ2) is 7.95. The monoisotopic (exact) mass is 409 g/mol. The fourth-order valence-corrected chi connectivity index (χ4v) is 4.73. The molecule has 0 N–H and O–H groups in total. The molecule has 0 radical (unpaired) electrons. The van der Waals surface area contributed by atoms with E-state index in [1.165, 1.54) is 6.07 Å². The second-order valence-corrected chi connectivity index (χ2v) is 8.81. The molecular weight excluding hydrogens is 386 g/mol. The Morgan fingerprint density at radius 2 is 2.03 bits per heavy atom. The van der Waals surface area contributed by atoms with Crippen molar-refractivity contribution in [1.29, 1.82) is 0 Å². The minimum Gasteiger partial charge on any atom is -0.483 e. The van der Waals surface area contributed by atoms with Crippen LogP contribution in [0, 0.1) is 13.8 Å². The van der Waals surface area contributed by atoms with Crippen LogP contribution in [0.3, 0.4) is 0 Å². The summed E-state index contributed by atoms with van der Waals surface area (Å²) in [6.07, 6.45) is 0.921. The van der Waals surface area contributed by atoms with Crippen LogP contribution in [0.4, 0.5) is 5.69 Å². The SMILES string of the molecule is Cc1cc(=O)oc2c(C)c(OCC(=O)N3CC[C@H](C)Sc4ccccc43)ccc12. The van der Waals surface area contributed by atoms with Crippen molar-refractivity contribution in [1.82, 2.24) is 0 Å². The number of rotatable bonds is 3. The first-order valence-corrected chi connectivity index (χ1v) is 10.5. The van der Waals surface area contributed by atoms with Crippen molar-refractivity contribution in [3.63, 3.8) is 0 Å². The summed E-state index contributed by atoms with van der Waals surface area (Å²) in [4.78, 5) is 27.7. The summed E-state index contributed by atoms with van der Waals surface area (Å²) in [7, 11) is 0. The molecule has 0 aliphatic carbocycles. The van der Waals surface area contributed by atoms with Crippen LogP contribution in [0.1, 0.15) is 24.5 Å². The number of thioether (sulfide) groups is 1. The highest BCUT2D eigenvalue weighted by atomic mass is 32.2. The number of amides is 1. The highest BCUT2D eigenvalue weighted by Crippen LogP contribution is 2.37. The first-order valence-electron chi connectivity index (χ1n) is 9.67. The van der Waals surface area contributed by atoms with Gasteiger partial charge in [-0.2, -0.15) is 0 Å². The van der Waals surface area contributed by atoms with Gasteiger partial charge in [-0.15, -0.1) is 11.8 Å². The highest BCUT2D eigenvalue weighted by molar-refractivity contribution is 8.00. The molecule has 0 bridgehead atoms. The topological polar surface area (TPSA) is 59.8 Å². The molecule has 1 aromatic heterocycles. The third kappa shape index (κ3) is 3.90. The van der Waals surface area contributed by atoms with E-state index in [9.17, 15) is 9.59 Å². The van der Waals surface area contributed by atoms with Gasteiger partial charge >= 0.3 is 5.63 Å². The third-order valence-electron chi connectivity index (χ3n) is 5.21. The van der Waals surface area contributed by atoms with Crippen LogP contribution in [0.5, 0.6) is 5.75 Å². The van der Waals surface area contributed by atoms with Gasteiger partial charge in [-0.1, -0.05) is 19.1 Å². The second-order valence-electron chi connectivity index (χ2n) is 7.33. The summed E-state index contributed by atoms with van der Waals surface area (Å²) in [5.74, 6) is 0.461. The van der Waals surface area contributed by atoms with Gasteiger partial charge < -0.3 is 14.1 Å². The van der Waals surface area contributed by atoms with Crippen molar-refractivity contribution in [2.24, 2.45) is 0 Å². The van der Waals surface area contributed by atoms with Crippen molar-refractivity contribution < 1.29 is 13.9 Å². The molecule has 0 fully saturated rings. The van der Waals surface area contributed by atoms with Gasteiger partial charge in [0.25, 0.3) is 5.91 Å². The van der Waals surface area contributed by atoms with E-state index in [1.807, 2.05) is 49.1 Å². The van der Waals surface area contributed by atoms with Gasteiger partial charge in [0.1, 0.15) is 11.3 Å². The Bertz CT molecular complexity index is 1140. The fourth-order valence-electron chi connectivity index (χ4n) is 3.62. The van der Waals surface area contributed by atoms with Crippen LogP contribution >= 0.6 is 11.8 Å². The van der Waals surface area contributed by atoms with Gasteiger partial charge in [-0.3, -0.25) is 4.79 Å². The molecule has 1 aliphatic rings. The van der Waals surface area contributed by atoms with Crippen LogP contribution in [-0.2, 0) is 4.79 Å². The lowest BCUT2D eigenvalue weighted by Gasteiger charge is -2.23. The maximum atomic E-state index is 13.0. The molecule has 1 amide bonds. The molecule has 0 saturated carbocycles.